The molecule has 1 atom stereocenters. The summed E-state index contributed by atoms with van der Waals surface area (Å²) in [5.74, 6) is -0.00352. The molecule has 0 aromatic heterocycles. The van der Waals surface area contributed by atoms with E-state index >= 15 is 0 Å². The zero-order chi connectivity index (χ0) is 18.2. The number of nitrogens with zero attached hydrogens (tertiary/aromatic N) is 1. The predicted octanol–water partition coefficient (Wildman–Crippen LogP) is 3.81. The van der Waals surface area contributed by atoms with Gasteiger partial charge < -0.3 is 14.4 Å². The van der Waals surface area contributed by atoms with Crippen molar-refractivity contribution in [1.29, 1.82) is 0 Å². The van der Waals surface area contributed by atoms with Crippen molar-refractivity contribution in [2.45, 2.75) is 38.6 Å². The molecule has 2 rings (SSSR count). The highest BCUT2D eigenvalue weighted by molar-refractivity contribution is 9.10. The molecule has 1 heterocycles. The second-order valence-electron chi connectivity index (χ2n) is 5.97. The maximum absolute atomic E-state index is 12.3. The second kappa shape index (κ2) is 9.61. The highest BCUT2D eigenvalue weighted by Crippen LogP contribution is 2.24. The Morgan fingerprint density at radius 3 is 2.88 bits per heavy atom. The fourth-order valence-corrected chi connectivity index (χ4v) is 3.39. The molecule has 1 aliphatic rings. The minimum absolute atomic E-state index is 0.117. The van der Waals surface area contributed by atoms with Crippen LogP contribution >= 0.6 is 15.9 Å². The van der Waals surface area contributed by atoms with Gasteiger partial charge in [-0.25, -0.2) is 4.79 Å². The van der Waals surface area contributed by atoms with Crippen LogP contribution in [0.2, 0.25) is 0 Å². The molecule has 0 spiro atoms. The van der Waals surface area contributed by atoms with Crippen LogP contribution in [0.5, 0.6) is 5.75 Å². The molecular formula is C19H24BrNO4. The third kappa shape index (κ3) is 5.59. The van der Waals surface area contributed by atoms with E-state index in [4.69, 9.17) is 9.47 Å². The van der Waals surface area contributed by atoms with Gasteiger partial charge in [-0.1, -0.05) is 22.9 Å². The van der Waals surface area contributed by atoms with Crippen LogP contribution in [-0.2, 0) is 14.3 Å². The summed E-state index contributed by atoms with van der Waals surface area (Å²) in [4.78, 5) is 26.0. The van der Waals surface area contributed by atoms with E-state index < -0.39 is 5.97 Å². The van der Waals surface area contributed by atoms with Gasteiger partial charge in [-0.05, 0) is 50.0 Å². The molecule has 136 valence electrons. The second-order valence-corrected chi connectivity index (χ2v) is 6.89. The lowest BCUT2D eigenvalue weighted by Gasteiger charge is -2.35. The van der Waals surface area contributed by atoms with Gasteiger partial charge in [0.2, 0.25) is 0 Å². The molecule has 6 heteroatoms. The third-order valence-corrected chi connectivity index (χ3v) is 4.84. The molecule has 0 N–H and O–H groups in total. The standard InChI is InChI=1S/C19H24BrNO4/c1-3-16-6-4-5-11-21(16)18(22)13-25-19(23)10-7-14-12-15(20)8-9-17(14)24-2/h7-10,12,16H,3-6,11,13H2,1-2H3/b10-7+/t16-/m0/s1. The summed E-state index contributed by atoms with van der Waals surface area (Å²) in [5.41, 5.74) is 0.752. The van der Waals surface area contributed by atoms with E-state index in [1.165, 1.54) is 6.08 Å². The number of carbonyl (C=O) groups is 2. The topological polar surface area (TPSA) is 55.8 Å². The number of hydrogen-bond acceptors (Lipinski definition) is 4. The molecule has 0 unspecified atom stereocenters. The van der Waals surface area contributed by atoms with Gasteiger partial charge in [0.05, 0.1) is 7.11 Å². The lowest BCUT2D eigenvalue weighted by Crippen LogP contribution is -2.45. The number of benzene rings is 1. The molecule has 0 radical (unpaired) electrons. The van der Waals surface area contributed by atoms with E-state index in [9.17, 15) is 9.59 Å². The first kappa shape index (κ1) is 19.5. The average Bonchev–Trinajstić information content (AvgIpc) is 2.64. The molecule has 1 saturated heterocycles. The molecule has 1 aromatic rings. The van der Waals surface area contributed by atoms with Crippen molar-refractivity contribution < 1.29 is 19.1 Å². The fourth-order valence-electron chi connectivity index (χ4n) is 3.01. The smallest absolute Gasteiger partial charge is 0.331 e. The average molecular weight is 410 g/mol. The van der Waals surface area contributed by atoms with Crippen molar-refractivity contribution in [3.05, 3.63) is 34.3 Å². The number of amides is 1. The van der Waals surface area contributed by atoms with Crippen LogP contribution in [0, 0.1) is 0 Å². The number of ether oxygens (including phenoxy) is 2. The summed E-state index contributed by atoms with van der Waals surface area (Å²) >= 11 is 3.38. The molecule has 1 aliphatic heterocycles. The van der Waals surface area contributed by atoms with Crippen LogP contribution in [0.15, 0.2) is 28.7 Å². The summed E-state index contributed by atoms with van der Waals surface area (Å²) in [7, 11) is 1.57. The molecule has 0 saturated carbocycles. The highest BCUT2D eigenvalue weighted by Gasteiger charge is 2.25. The Morgan fingerprint density at radius 1 is 1.36 bits per heavy atom. The van der Waals surface area contributed by atoms with Gasteiger partial charge in [0.1, 0.15) is 5.75 Å². The van der Waals surface area contributed by atoms with Gasteiger partial charge in [-0.3, -0.25) is 4.79 Å². The molecular weight excluding hydrogens is 386 g/mol. The third-order valence-electron chi connectivity index (χ3n) is 4.35. The molecule has 1 fully saturated rings. The molecule has 1 amide bonds. The Kier molecular flexibility index (Phi) is 7.50. The van der Waals surface area contributed by atoms with Crippen LogP contribution in [0.1, 0.15) is 38.2 Å². The van der Waals surface area contributed by atoms with Crippen molar-refractivity contribution in [3.63, 3.8) is 0 Å². The van der Waals surface area contributed by atoms with Crippen LogP contribution in [-0.4, -0.2) is 43.1 Å². The Hall–Kier alpha value is -1.82. The van der Waals surface area contributed by atoms with E-state index in [1.807, 2.05) is 17.0 Å². The molecule has 1 aromatic carbocycles. The van der Waals surface area contributed by atoms with Crippen molar-refractivity contribution in [2.24, 2.45) is 0 Å². The normalized spacial score (nSPS) is 17.6. The summed E-state index contributed by atoms with van der Waals surface area (Å²) in [6.07, 6.45) is 7.05. The van der Waals surface area contributed by atoms with E-state index in [0.29, 0.717) is 5.75 Å². The predicted molar refractivity (Wildman–Crippen MR) is 100 cm³/mol. The Morgan fingerprint density at radius 2 is 2.16 bits per heavy atom. The van der Waals surface area contributed by atoms with Crippen molar-refractivity contribution in [1.82, 2.24) is 4.90 Å². The summed E-state index contributed by atoms with van der Waals surface area (Å²) in [5, 5.41) is 0. The minimum atomic E-state index is -0.541. The lowest BCUT2D eigenvalue weighted by atomic mass is 10.00. The molecule has 5 nitrogen and oxygen atoms in total. The number of carbonyl (C=O) groups excluding carboxylic acids is 2. The minimum Gasteiger partial charge on any atom is -0.496 e. The largest absolute Gasteiger partial charge is 0.496 e. The van der Waals surface area contributed by atoms with Crippen LogP contribution < -0.4 is 4.74 Å². The summed E-state index contributed by atoms with van der Waals surface area (Å²) in [6, 6.07) is 5.77. The molecule has 25 heavy (non-hydrogen) atoms. The number of likely N-dealkylation sites (tertiary alicyclic amines) is 1. The maximum Gasteiger partial charge on any atom is 0.331 e. The first-order chi connectivity index (χ1) is 12.0. The van der Waals surface area contributed by atoms with E-state index in [1.54, 1.807) is 19.3 Å². The van der Waals surface area contributed by atoms with Crippen LogP contribution in [0.25, 0.3) is 6.08 Å². The number of rotatable bonds is 6. The fraction of sp³-hybridized carbons (Fsp3) is 0.474. The molecule has 0 aliphatic carbocycles. The van der Waals surface area contributed by atoms with Gasteiger partial charge in [0, 0.05) is 28.7 Å². The maximum atomic E-state index is 12.3. The van der Waals surface area contributed by atoms with Crippen molar-refractivity contribution in [3.8, 4) is 5.75 Å². The molecule has 0 bridgehead atoms. The van der Waals surface area contributed by atoms with Gasteiger partial charge >= 0.3 is 5.97 Å². The van der Waals surface area contributed by atoms with Gasteiger partial charge in [0.25, 0.3) is 5.91 Å². The lowest BCUT2D eigenvalue weighted by molar-refractivity contribution is -0.150. The Labute approximate surface area is 157 Å². The zero-order valence-corrected chi connectivity index (χ0v) is 16.3. The highest BCUT2D eigenvalue weighted by atomic mass is 79.9. The van der Waals surface area contributed by atoms with E-state index in [2.05, 4.69) is 22.9 Å². The summed E-state index contributed by atoms with van der Waals surface area (Å²) in [6.45, 7) is 2.62. The summed E-state index contributed by atoms with van der Waals surface area (Å²) < 4.78 is 11.2. The first-order valence-corrected chi connectivity index (χ1v) is 9.32. The van der Waals surface area contributed by atoms with Crippen LogP contribution in [0.4, 0.5) is 0 Å². The number of esters is 1. The van der Waals surface area contributed by atoms with E-state index in [-0.39, 0.29) is 18.6 Å². The Balaban J connectivity index is 1.90. The van der Waals surface area contributed by atoms with Gasteiger partial charge in [-0.15, -0.1) is 0 Å². The van der Waals surface area contributed by atoms with Gasteiger partial charge in [-0.2, -0.15) is 0 Å². The monoisotopic (exact) mass is 409 g/mol. The number of piperidine rings is 1. The van der Waals surface area contributed by atoms with E-state index in [0.717, 1.165) is 42.3 Å². The Bertz CT molecular complexity index is 644. The van der Waals surface area contributed by atoms with Crippen molar-refractivity contribution in [2.75, 3.05) is 20.3 Å². The number of halogens is 1. The SMILES string of the molecule is CC[C@H]1CCCCN1C(=O)COC(=O)/C=C/c1cc(Br)ccc1OC. The zero-order valence-electron chi connectivity index (χ0n) is 14.7. The first-order valence-electron chi connectivity index (χ1n) is 8.53. The number of hydrogen-bond donors (Lipinski definition) is 0. The van der Waals surface area contributed by atoms with Gasteiger partial charge in [0.15, 0.2) is 6.61 Å². The van der Waals surface area contributed by atoms with Crippen LogP contribution in [0.3, 0.4) is 0 Å². The quantitative estimate of drug-likeness (QED) is 0.529. The van der Waals surface area contributed by atoms with Crippen molar-refractivity contribution >= 4 is 33.9 Å². The number of methoxy groups -OCH3 is 1.